The van der Waals surface area contributed by atoms with E-state index in [1.165, 1.54) is 8.28 Å². The van der Waals surface area contributed by atoms with Gasteiger partial charge in [0.1, 0.15) is 0 Å². The van der Waals surface area contributed by atoms with Crippen molar-refractivity contribution < 1.29 is 8.42 Å². The van der Waals surface area contributed by atoms with Crippen molar-refractivity contribution in [3.05, 3.63) is 34.4 Å². The lowest BCUT2D eigenvalue weighted by Gasteiger charge is -2.32. The number of benzene rings is 1. The molecule has 1 fully saturated rings. The summed E-state index contributed by atoms with van der Waals surface area (Å²) in [6, 6.07) is 5.74. The van der Waals surface area contributed by atoms with Crippen LogP contribution >= 0.6 is 15.9 Å². The number of hydrogen-bond acceptors (Lipinski definition) is 4. The van der Waals surface area contributed by atoms with E-state index in [1.807, 2.05) is 18.2 Å². The molecular formula is C16H23BrN4O2S. The molecule has 2 heterocycles. The Kier molecular flexibility index (Phi) is 5.04. The summed E-state index contributed by atoms with van der Waals surface area (Å²) in [6.07, 6.45) is 1.77. The second-order valence-corrected chi connectivity index (χ2v) is 9.42. The minimum Gasteiger partial charge on any atom is -0.304 e. The lowest BCUT2D eigenvalue weighted by atomic mass is 10.1. The third-order valence-electron chi connectivity index (χ3n) is 4.51. The molecule has 3 rings (SSSR count). The first-order valence-electron chi connectivity index (χ1n) is 7.92. The van der Waals surface area contributed by atoms with Crippen molar-refractivity contribution in [3.8, 4) is 0 Å². The number of halogens is 1. The molecule has 0 saturated carbocycles. The van der Waals surface area contributed by atoms with Gasteiger partial charge in [0.2, 0.25) is 0 Å². The van der Waals surface area contributed by atoms with Crippen molar-refractivity contribution in [3.63, 3.8) is 0 Å². The van der Waals surface area contributed by atoms with Gasteiger partial charge in [-0.2, -0.15) is 12.7 Å². The number of nitrogens with zero attached hydrogens (tertiary/aromatic N) is 4. The van der Waals surface area contributed by atoms with Crippen molar-refractivity contribution in [2.45, 2.75) is 6.54 Å². The molecule has 1 saturated heterocycles. The molecule has 1 aromatic heterocycles. The van der Waals surface area contributed by atoms with Gasteiger partial charge in [-0.25, -0.2) is 3.97 Å². The first-order valence-corrected chi connectivity index (χ1v) is 10.1. The average Bonchev–Trinajstić information content (AvgIpc) is 2.88. The zero-order chi connectivity index (χ0) is 17.5. The van der Waals surface area contributed by atoms with Gasteiger partial charge < -0.3 is 4.90 Å². The molecule has 0 atom stereocenters. The standard InChI is InChI=1S/C16H23BrN4O2S/c1-18(2)24(22,23)21-12-13(11-20-8-6-19(3)7-9-20)15-10-14(17)4-5-16(15)21/h4-5,10,12H,6-9,11H2,1-3H3. The van der Waals surface area contributed by atoms with Gasteiger partial charge in [0, 0.05) is 62.9 Å². The van der Waals surface area contributed by atoms with Gasteiger partial charge in [0.05, 0.1) is 5.52 Å². The topological polar surface area (TPSA) is 48.8 Å². The number of hydrogen-bond donors (Lipinski definition) is 0. The smallest absolute Gasteiger partial charge is 0.304 e. The number of aromatic nitrogens is 1. The molecule has 1 aromatic carbocycles. The van der Waals surface area contributed by atoms with Crippen molar-refractivity contribution in [2.24, 2.45) is 0 Å². The normalized spacial score (nSPS) is 17.9. The van der Waals surface area contributed by atoms with E-state index in [0.717, 1.165) is 53.7 Å². The molecule has 0 bridgehead atoms. The fraction of sp³-hybridized carbons (Fsp3) is 0.500. The summed E-state index contributed by atoms with van der Waals surface area (Å²) in [4.78, 5) is 4.69. The molecule has 0 N–H and O–H groups in total. The van der Waals surface area contributed by atoms with Crippen LogP contribution in [0.5, 0.6) is 0 Å². The van der Waals surface area contributed by atoms with Gasteiger partial charge in [-0.05, 0) is 30.8 Å². The Morgan fingerprint density at radius 1 is 1.17 bits per heavy atom. The van der Waals surface area contributed by atoms with Crippen LogP contribution in [-0.2, 0) is 16.8 Å². The zero-order valence-electron chi connectivity index (χ0n) is 14.2. The predicted octanol–water partition coefficient (Wildman–Crippen LogP) is 1.81. The highest BCUT2D eigenvalue weighted by Crippen LogP contribution is 2.28. The molecule has 0 aliphatic carbocycles. The quantitative estimate of drug-likeness (QED) is 0.765. The number of piperazine rings is 1. The van der Waals surface area contributed by atoms with Crippen LogP contribution in [0.2, 0.25) is 0 Å². The van der Waals surface area contributed by atoms with E-state index >= 15 is 0 Å². The van der Waals surface area contributed by atoms with E-state index in [2.05, 4.69) is 32.8 Å². The first-order chi connectivity index (χ1) is 11.3. The minimum absolute atomic E-state index is 0.719. The van der Waals surface area contributed by atoms with Gasteiger partial charge in [0.25, 0.3) is 0 Å². The van der Waals surface area contributed by atoms with Gasteiger partial charge in [-0.3, -0.25) is 4.90 Å². The summed E-state index contributed by atoms with van der Waals surface area (Å²) in [5.41, 5.74) is 1.76. The van der Waals surface area contributed by atoms with Crippen LogP contribution in [0.4, 0.5) is 0 Å². The maximum Gasteiger partial charge on any atom is 0.307 e. The summed E-state index contributed by atoms with van der Waals surface area (Å²) in [6.45, 7) is 4.84. The van der Waals surface area contributed by atoms with Crippen LogP contribution < -0.4 is 0 Å². The molecule has 0 spiro atoms. The third-order valence-corrected chi connectivity index (χ3v) is 6.73. The SMILES string of the molecule is CN1CCN(Cc2cn(S(=O)(=O)N(C)C)c3ccc(Br)cc23)CC1. The molecule has 24 heavy (non-hydrogen) atoms. The van der Waals surface area contributed by atoms with Gasteiger partial charge in [0.15, 0.2) is 0 Å². The molecular weight excluding hydrogens is 392 g/mol. The summed E-state index contributed by atoms with van der Waals surface area (Å²) < 4.78 is 28.9. The summed E-state index contributed by atoms with van der Waals surface area (Å²) in [5, 5.41) is 0.980. The molecule has 132 valence electrons. The van der Waals surface area contributed by atoms with Crippen LogP contribution in [0.1, 0.15) is 5.56 Å². The average molecular weight is 415 g/mol. The van der Waals surface area contributed by atoms with E-state index in [1.54, 1.807) is 20.3 Å². The monoisotopic (exact) mass is 414 g/mol. The van der Waals surface area contributed by atoms with Crippen molar-refractivity contribution in [1.82, 2.24) is 18.1 Å². The van der Waals surface area contributed by atoms with E-state index in [9.17, 15) is 8.42 Å². The summed E-state index contributed by atoms with van der Waals surface area (Å²) in [7, 11) is 1.70. The van der Waals surface area contributed by atoms with E-state index in [0.29, 0.717) is 0 Å². The molecule has 0 radical (unpaired) electrons. The van der Waals surface area contributed by atoms with Crippen molar-refractivity contribution in [2.75, 3.05) is 47.3 Å². The maximum atomic E-state index is 12.6. The Balaban J connectivity index is 2.03. The third kappa shape index (κ3) is 3.39. The van der Waals surface area contributed by atoms with Gasteiger partial charge >= 0.3 is 10.2 Å². The van der Waals surface area contributed by atoms with E-state index in [4.69, 9.17) is 0 Å². The Bertz CT molecular complexity index is 839. The Hall–Kier alpha value is -0.930. The highest BCUT2D eigenvalue weighted by Gasteiger charge is 2.23. The Morgan fingerprint density at radius 2 is 1.83 bits per heavy atom. The second kappa shape index (κ2) is 6.76. The number of rotatable bonds is 4. The van der Waals surface area contributed by atoms with Gasteiger partial charge in [-0.15, -0.1) is 0 Å². The van der Waals surface area contributed by atoms with Crippen LogP contribution in [-0.4, -0.2) is 73.8 Å². The minimum atomic E-state index is -3.54. The van der Waals surface area contributed by atoms with Crippen molar-refractivity contribution >= 4 is 37.0 Å². The lowest BCUT2D eigenvalue weighted by Crippen LogP contribution is -2.43. The summed E-state index contributed by atoms with van der Waals surface area (Å²) in [5.74, 6) is 0. The molecule has 1 aliphatic rings. The van der Waals surface area contributed by atoms with Crippen LogP contribution in [0.15, 0.2) is 28.9 Å². The molecule has 0 amide bonds. The molecule has 6 nitrogen and oxygen atoms in total. The largest absolute Gasteiger partial charge is 0.307 e. The van der Waals surface area contributed by atoms with Crippen LogP contribution in [0.25, 0.3) is 10.9 Å². The number of fused-ring (bicyclic) bond motifs is 1. The molecule has 2 aromatic rings. The Morgan fingerprint density at radius 3 is 2.46 bits per heavy atom. The molecule has 0 unspecified atom stereocenters. The Labute approximate surface area is 151 Å². The predicted molar refractivity (Wildman–Crippen MR) is 100 cm³/mol. The van der Waals surface area contributed by atoms with Gasteiger partial charge in [-0.1, -0.05) is 15.9 Å². The first kappa shape index (κ1) is 17.9. The van der Waals surface area contributed by atoms with E-state index in [-0.39, 0.29) is 0 Å². The van der Waals surface area contributed by atoms with Crippen LogP contribution in [0, 0.1) is 0 Å². The maximum absolute atomic E-state index is 12.6. The highest BCUT2D eigenvalue weighted by atomic mass is 79.9. The fourth-order valence-corrected chi connectivity index (χ4v) is 4.36. The van der Waals surface area contributed by atoms with Crippen LogP contribution in [0.3, 0.4) is 0 Å². The zero-order valence-corrected chi connectivity index (χ0v) is 16.6. The lowest BCUT2D eigenvalue weighted by molar-refractivity contribution is 0.148. The number of likely N-dealkylation sites (N-methyl/N-ethyl adjacent to an activating group) is 1. The highest BCUT2D eigenvalue weighted by molar-refractivity contribution is 9.10. The van der Waals surface area contributed by atoms with E-state index < -0.39 is 10.2 Å². The molecule has 8 heteroatoms. The van der Waals surface area contributed by atoms with Crippen molar-refractivity contribution in [1.29, 1.82) is 0 Å². The summed E-state index contributed by atoms with van der Waals surface area (Å²) >= 11 is 3.50. The molecule has 1 aliphatic heterocycles. The second-order valence-electron chi connectivity index (χ2n) is 6.48. The fourth-order valence-electron chi connectivity index (χ4n) is 2.98.